The number of rotatable bonds is 5. The summed E-state index contributed by atoms with van der Waals surface area (Å²) >= 11 is 7.17. The Bertz CT molecular complexity index is 594. The first-order valence-electron chi connectivity index (χ1n) is 6.22. The number of carboxylic acids is 1. The van der Waals surface area contributed by atoms with Gasteiger partial charge in [0.25, 0.3) is 5.24 Å². The number of aromatic carboxylic acids is 1. The Labute approximate surface area is 130 Å². The van der Waals surface area contributed by atoms with Crippen molar-refractivity contribution in [1.29, 1.82) is 0 Å². The predicted molar refractivity (Wildman–Crippen MR) is 81.1 cm³/mol. The van der Waals surface area contributed by atoms with Crippen LogP contribution in [-0.2, 0) is 4.79 Å². The van der Waals surface area contributed by atoms with Gasteiger partial charge in [0.1, 0.15) is 0 Å². The molecule has 1 heterocycles. The number of halogens is 1. The lowest BCUT2D eigenvalue weighted by molar-refractivity contribution is -0.116. The maximum atomic E-state index is 11.8. The first-order valence-corrected chi connectivity index (χ1v) is 7.58. The van der Waals surface area contributed by atoms with E-state index >= 15 is 0 Å². The summed E-state index contributed by atoms with van der Waals surface area (Å²) in [6, 6.07) is 4.09. The van der Waals surface area contributed by atoms with Crippen molar-refractivity contribution in [3.63, 3.8) is 0 Å². The molecule has 0 bridgehead atoms. The van der Waals surface area contributed by atoms with Gasteiger partial charge in [-0.3, -0.25) is 9.59 Å². The molecule has 1 saturated heterocycles. The Morgan fingerprint density at radius 2 is 2.19 bits per heavy atom. The summed E-state index contributed by atoms with van der Waals surface area (Å²) in [5.41, 5.74) is 0.409. The van der Waals surface area contributed by atoms with Crippen molar-refractivity contribution in [3.05, 3.63) is 28.8 Å². The summed E-state index contributed by atoms with van der Waals surface area (Å²) in [6.45, 7) is 1.02. The van der Waals surface area contributed by atoms with Crippen molar-refractivity contribution in [2.75, 3.05) is 24.2 Å². The minimum atomic E-state index is -1.08. The third kappa shape index (κ3) is 4.12. The summed E-state index contributed by atoms with van der Waals surface area (Å²) in [4.78, 5) is 35.6. The number of carboxylic acid groups (broad SMARTS) is 1. The number of thioether (sulfide) groups is 1. The molecule has 0 spiro atoms. The van der Waals surface area contributed by atoms with E-state index in [1.54, 1.807) is 4.90 Å². The van der Waals surface area contributed by atoms with E-state index in [0.717, 1.165) is 5.75 Å². The van der Waals surface area contributed by atoms with Crippen molar-refractivity contribution in [3.8, 4) is 0 Å². The number of carbonyl (C=O) groups excluding carboxylic acids is 2. The number of amides is 2. The normalized spacial score (nSPS) is 14.3. The molecular weight excluding hydrogens is 316 g/mol. The highest BCUT2D eigenvalue weighted by molar-refractivity contribution is 8.13. The van der Waals surface area contributed by atoms with Gasteiger partial charge in [0.2, 0.25) is 5.91 Å². The number of nitrogens with one attached hydrogen (secondary N) is 1. The van der Waals surface area contributed by atoms with E-state index in [4.69, 9.17) is 16.7 Å². The van der Waals surface area contributed by atoms with Crippen LogP contribution in [0.2, 0.25) is 5.02 Å². The highest BCUT2D eigenvalue weighted by Gasteiger charge is 2.21. The first kappa shape index (κ1) is 15.7. The third-order valence-electron chi connectivity index (χ3n) is 2.94. The Kier molecular flexibility index (Phi) is 5.08. The number of hydrogen-bond acceptors (Lipinski definition) is 4. The maximum absolute atomic E-state index is 11.8. The molecule has 2 rings (SSSR count). The number of benzene rings is 1. The molecule has 8 heteroatoms. The topological polar surface area (TPSA) is 86.7 Å². The van der Waals surface area contributed by atoms with Crippen molar-refractivity contribution in [1.82, 2.24) is 4.90 Å². The summed E-state index contributed by atoms with van der Waals surface area (Å²) in [6.07, 6.45) is 0.170. The molecule has 21 heavy (non-hydrogen) atoms. The zero-order valence-electron chi connectivity index (χ0n) is 11.0. The lowest BCUT2D eigenvalue weighted by Crippen LogP contribution is -2.27. The van der Waals surface area contributed by atoms with E-state index in [2.05, 4.69) is 5.32 Å². The molecule has 2 N–H and O–H groups in total. The highest BCUT2D eigenvalue weighted by atomic mass is 35.5. The molecule has 0 atom stereocenters. The molecule has 112 valence electrons. The third-order valence-corrected chi connectivity index (χ3v) is 4.15. The number of anilines is 1. The number of hydrogen-bond donors (Lipinski definition) is 2. The lowest BCUT2D eigenvalue weighted by atomic mass is 10.2. The molecule has 1 aromatic rings. The molecule has 0 aliphatic carbocycles. The van der Waals surface area contributed by atoms with Crippen LogP contribution in [0, 0.1) is 0 Å². The molecule has 0 aromatic heterocycles. The summed E-state index contributed by atoms with van der Waals surface area (Å²) in [5.74, 6) is -0.604. The summed E-state index contributed by atoms with van der Waals surface area (Å²) < 4.78 is 0. The van der Waals surface area contributed by atoms with Gasteiger partial charge in [-0.1, -0.05) is 23.4 Å². The second-order valence-corrected chi connectivity index (χ2v) is 5.85. The minimum Gasteiger partial charge on any atom is -0.478 e. The van der Waals surface area contributed by atoms with E-state index in [1.807, 2.05) is 0 Å². The van der Waals surface area contributed by atoms with Crippen molar-refractivity contribution in [2.24, 2.45) is 0 Å². The van der Waals surface area contributed by atoms with Gasteiger partial charge in [-0.05, 0) is 18.2 Å². The monoisotopic (exact) mass is 328 g/mol. The van der Waals surface area contributed by atoms with E-state index in [-0.39, 0.29) is 28.2 Å². The number of carbonyl (C=O) groups is 3. The van der Waals surface area contributed by atoms with Crippen LogP contribution in [0.5, 0.6) is 0 Å². The summed E-state index contributed by atoms with van der Waals surface area (Å²) in [7, 11) is 0. The van der Waals surface area contributed by atoms with Gasteiger partial charge in [0, 0.05) is 25.3 Å². The van der Waals surface area contributed by atoms with Gasteiger partial charge in [-0.2, -0.15) is 0 Å². The molecule has 0 unspecified atom stereocenters. The van der Waals surface area contributed by atoms with E-state index in [9.17, 15) is 14.4 Å². The van der Waals surface area contributed by atoms with Crippen LogP contribution in [0.3, 0.4) is 0 Å². The van der Waals surface area contributed by atoms with Gasteiger partial charge < -0.3 is 15.3 Å². The number of nitrogens with zero attached hydrogens (tertiary/aromatic N) is 1. The molecule has 1 aromatic carbocycles. The Hall–Kier alpha value is -1.73. The van der Waals surface area contributed by atoms with Crippen LogP contribution in [0.25, 0.3) is 0 Å². The Morgan fingerprint density at radius 3 is 2.76 bits per heavy atom. The fraction of sp³-hybridized carbons (Fsp3) is 0.308. The first-order chi connectivity index (χ1) is 9.97. The van der Waals surface area contributed by atoms with Gasteiger partial charge in [-0.15, -0.1) is 0 Å². The van der Waals surface area contributed by atoms with Crippen LogP contribution in [0.1, 0.15) is 16.8 Å². The van der Waals surface area contributed by atoms with Crippen molar-refractivity contribution in [2.45, 2.75) is 6.42 Å². The minimum absolute atomic E-state index is 0.00774. The van der Waals surface area contributed by atoms with Gasteiger partial charge >= 0.3 is 5.97 Å². The largest absolute Gasteiger partial charge is 0.478 e. The zero-order valence-corrected chi connectivity index (χ0v) is 12.5. The molecule has 1 aliphatic rings. The quantitative estimate of drug-likeness (QED) is 0.867. The highest BCUT2D eigenvalue weighted by Crippen LogP contribution is 2.23. The van der Waals surface area contributed by atoms with Crippen molar-refractivity contribution < 1.29 is 19.5 Å². The van der Waals surface area contributed by atoms with Crippen LogP contribution >= 0.6 is 23.4 Å². The molecule has 0 saturated carbocycles. The average Bonchev–Trinajstić information content (AvgIpc) is 2.84. The van der Waals surface area contributed by atoms with E-state index < -0.39 is 5.97 Å². The van der Waals surface area contributed by atoms with Crippen molar-refractivity contribution >= 4 is 46.2 Å². The fourth-order valence-corrected chi connectivity index (χ4v) is 2.91. The molecular formula is C13H13ClN2O4S. The summed E-state index contributed by atoms with van der Waals surface area (Å²) in [5, 5.41) is 11.6. The lowest BCUT2D eigenvalue weighted by Gasteiger charge is -2.14. The van der Waals surface area contributed by atoms with Gasteiger partial charge in [0.15, 0.2) is 0 Å². The Balaban J connectivity index is 1.90. The SMILES string of the molecule is O=C(CCN1CCSC1=O)Nc1ccc(C(=O)O)cc1Cl. The van der Waals surface area contributed by atoms with Crippen LogP contribution in [0.15, 0.2) is 18.2 Å². The van der Waals surface area contributed by atoms with E-state index in [1.165, 1.54) is 30.0 Å². The maximum Gasteiger partial charge on any atom is 0.335 e. The van der Waals surface area contributed by atoms with Crippen LogP contribution in [0.4, 0.5) is 10.5 Å². The molecule has 1 aliphatic heterocycles. The van der Waals surface area contributed by atoms with Gasteiger partial charge in [0.05, 0.1) is 16.3 Å². The van der Waals surface area contributed by atoms with E-state index in [0.29, 0.717) is 18.8 Å². The average molecular weight is 329 g/mol. The zero-order chi connectivity index (χ0) is 15.4. The molecule has 6 nitrogen and oxygen atoms in total. The molecule has 1 fully saturated rings. The second kappa shape index (κ2) is 6.82. The molecule has 0 radical (unpaired) electrons. The standard InChI is InChI=1S/C13H13ClN2O4S/c14-9-7-8(12(18)19)1-2-10(9)15-11(17)3-4-16-5-6-21-13(16)20/h1-2,7H,3-6H2,(H,15,17)(H,18,19). The predicted octanol–water partition coefficient (Wildman–Crippen LogP) is 2.54. The van der Waals surface area contributed by atoms with Crippen LogP contribution in [-0.4, -0.2) is 46.0 Å². The molecule has 2 amide bonds. The second-order valence-electron chi connectivity index (χ2n) is 4.40. The Morgan fingerprint density at radius 1 is 1.43 bits per heavy atom. The fourth-order valence-electron chi connectivity index (χ4n) is 1.83. The van der Waals surface area contributed by atoms with Crippen LogP contribution < -0.4 is 5.32 Å². The van der Waals surface area contributed by atoms with Gasteiger partial charge in [-0.25, -0.2) is 4.79 Å². The smallest absolute Gasteiger partial charge is 0.335 e.